The second-order valence-electron chi connectivity index (χ2n) is 7.20. The highest BCUT2D eigenvalue weighted by Crippen LogP contribution is 2.24. The second-order valence-corrected chi connectivity index (χ2v) is 8.88. The number of anilines is 1. The van der Waals surface area contributed by atoms with E-state index in [9.17, 15) is 23.3 Å². The van der Waals surface area contributed by atoms with Crippen molar-refractivity contribution in [1.29, 1.82) is 0 Å². The van der Waals surface area contributed by atoms with E-state index in [1.165, 1.54) is 30.7 Å². The fraction of sp³-hybridized carbons (Fsp3) is 0.350. The first-order chi connectivity index (χ1) is 13.8. The summed E-state index contributed by atoms with van der Waals surface area (Å²) in [6.45, 7) is 1.54. The molecule has 0 bridgehead atoms. The van der Waals surface area contributed by atoms with Crippen LogP contribution >= 0.6 is 0 Å². The van der Waals surface area contributed by atoms with Crippen LogP contribution in [0.1, 0.15) is 48.0 Å². The van der Waals surface area contributed by atoms with Crippen molar-refractivity contribution in [3.05, 3.63) is 63.7 Å². The number of carbonyl (C=O) groups is 1. The highest BCUT2D eigenvalue weighted by atomic mass is 32.2. The molecule has 1 aliphatic rings. The van der Waals surface area contributed by atoms with Crippen LogP contribution in [0.5, 0.6) is 0 Å². The van der Waals surface area contributed by atoms with Gasteiger partial charge in [0.1, 0.15) is 0 Å². The molecule has 1 fully saturated rings. The molecular formula is C20H23N3O5S. The fourth-order valence-electron chi connectivity index (χ4n) is 3.37. The Morgan fingerprint density at radius 3 is 2.34 bits per heavy atom. The Balaban J connectivity index is 1.71. The van der Waals surface area contributed by atoms with Crippen LogP contribution in [-0.2, 0) is 10.0 Å². The lowest BCUT2D eigenvalue weighted by atomic mass is 9.95. The van der Waals surface area contributed by atoms with Crippen molar-refractivity contribution in [1.82, 2.24) is 5.32 Å². The van der Waals surface area contributed by atoms with Crippen LogP contribution in [0.3, 0.4) is 0 Å². The highest BCUT2D eigenvalue weighted by molar-refractivity contribution is 7.92. The molecule has 0 heterocycles. The van der Waals surface area contributed by atoms with E-state index in [0.29, 0.717) is 11.1 Å². The quantitative estimate of drug-likeness (QED) is 0.548. The van der Waals surface area contributed by atoms with Crippen molar-refractivity contribution in [3.63, 3.8) is 0 Å². The third kappa shape index (κ3) is 5.11. The molecule has 3 rings (SSSR count). The molecule has 1 aliphatic carbocycles. The lowest BCUT2D eigenvalue weighted by Gasteiger charge is -2.22. The maximum Gasteiger partial charge on any atom is 0.273 e. The van der Waals surface area contributed by atoms with Gasteiger partial charge in [0, 0.05) is 28.9 Å². The van der Waals surface area contributed by atoms with Crippen molar-refractivity contribution in [2.45, 2.75) is 50.0 Å². The zero-order chi connectivity index (χ0) is 21.0. The minimum absolute atomic E-state index is 0.180. The average molecular weight is 417 g/mol. The summed E-state index contributed by atoms with van der Waals surface area (Å²) in [6, 6.07) is 10.0. The lowest BCUT2D eigenvalue weighted by Crippen LogP contribution is -2.36. The fourth-order valence-corrected chi connectivity index (χ4v) is 4.45. The summed E-state index contributed by atoms with van der Waals surface area (Å²) >= 11 is 0. The molecule has 0 unspecified atom stereocenters. The van der Waals surface area contributed by atoms with E-state index >= 15 is 0 Å². The number of hydrogen-bond acceptors (Lipinski definition) is 5. The number of rotatable bonds is 6. The van der Waals surface area contributed by atoms with Crippen LogP contribution in [0.2, 0.25) is 0 Å². The number of hydrogen-bond donors (Lipinski definition) is 2. The predicted molar refractivity (Wildman–Crippen MR) is 109 cm³/mol. The van der Waals surface area contributed by atoms with Gasteiger partial charge in [-0.15, -0.1) is 0 Å². The number of benzene rings is 2. The molecule has 29 heavy (non-hydrogen) atoms. The van der Waals surface area contributed by atoms with E-state index in [0.717, 1.165) is 31.7 Å². The van der Waals surface area contributed by atoms with Gasteiger partial charge in [-0.1, -0.05) is 25.3 Å². The number of amides is 1. The molecule has 8 nitrogen and oxygen atoms in total. The van der Waals surface area contributed by atoms with Gasteiger partial charge < -0.3 is 5.32 Å². The molecule has 0 atom stereocenters. The van der Waals surface area contributed by atoms with E-state index in [2.05, 4.69) is 10.0 Å². The molecular weight excluding hydrogens is 394 g/mol. The summed E-state index contributed by atoms with van der Waals surface area (Å²) in [5, 5.41) is 14.1. The SMILES string of the molecule is Cc1ccc(S(=O)(=O)Nc2ccc(C(=O)NC3CCCCC3)cc2)cc1[N+](=O)[O-]. The smallest absolute Gasteiger partial charge is 0.273 e. The monoisotopic (exact) mass is 417 g/mol. The molecule has 2 aromatic rings. The topological polar surface area (TPSA) is 118 Å². The second kappa shape index (κ2) is 8.60. The Kier molecular flexibility index (Phi) is 6.17. The molecule has 0 saturated heterocycles. The van der Waals surface area contributed by atoms with Crippen LogP contribution in [-0.4, -0.2) is 25.3 Å². The van der Waals surface area contributed by atoms with Gasteiger partial charge in [-0.3, -0.25) is 19.6 Å². The van der Waals surface area contributed by atoms with E-state index < -0.39 is 14.9 Å². The maximum absolute atomic E-state index is 12.6. The molecule has 1 amide bonds. The molecule has 9 heteroatoms. The Morgan fingerprint density at radius 2 is 1.72 bits per heavy atom. The van der Waals surface area contributed by atoms with Crippen molar-refractivity contribution in [3.8, 4) is 0 Å². The van der Waals surface area contributed by atoms with Gasteiger partial charge in [0.15, 0.2) is 0 Å². The summed E-state index contributed by atoms with van der Waals surface area (Å²) in [5.74, 6) is -0.180. The van der Waals surface area contributed by atoms with Crippen LogP contribution in [0, 0.1) is 17.0 Å². The molecule has 2 N–H and O–H groups in total. The zero-order valence-electron chi connectivity index (χ0n) is 16.1. The van der Waals surface area contributed by atoms with Crippen molar-refractivity contribution in [2.24, 2.45) is 0 Å². The summed E-state index contributed by atoms with van der Waals surface area (Å²) in [5.41, 5.74) is 0.830. The van der Waals surface area contributed by atoms with Crippen molar-refractivity contribution < 1.29 is 18.1 Å². The standard InChI is InChI=1S/C20H23N3O5S/c1-14-7-12-18(13-19(14)23(25)26)29(27,28)22-17-10-8-15(9-11-17)20(24)21-16-5-3-2-4-6-16/h7-13,16,22H,2-6H2,1H3,(H,21,24). The summed E-state index contributed by atoms with van der Waals surface area (Å²) in [4.78, 5) is 22.6. The lowest BCUT2D eigenvalue weighted by molar-refractivity contribution is -0.385. The number of nitro benzene ring substituents is 1. The number of carbonyl (C=O) groups excluding carboxylic acids is 1. The van der Waals surface area contributed by atoms with Gasteiger partial charge in [-0.05, 0) is 50.1 Å². The highest BCUT2D eigenvalue weighted by Gasteiger charge is 2.20. The molecule has 1 saturated carbocycles. The molecule has 154 valence electrons. The van der Waals surface area contributed by atoms with E-state index in [1.54, 1.807) is 19.1 Å². The van der Waals surface area contributed by atoms with E-state index in [-0.39, 0.29) is 28.2 Å². The maximum atomic E-state index is 12.6. The van der Waals surface area contributed by atoms with E-state index in [4.69, 9.17) is 0 Å². The Hall–Kier alpha value is -2.94. The zero-order valence-corrected chi connectivity index (χ0v) is 16.9. The number of nitrogens with one attached hydrogen (secondary N) is 2. The predicted octanol–water partition coefficient (Wildman–Crippen LogP) is 3.77. The van der Waals surface area contributed by atoms with E-state index in [1.807, 2.05) is 0 Å². The Morgan fingerprint density at radius 1 is 1.07 bits per heavy atom. The molecule has 2 aromatic carbocycles. The van der Waals surface area contributed by atoms with Crippen LogP contribution in [0.4, 0.5) is 11.4 Å². The van der Waals surface area contributed by atoms with Crippen LogP contribution in [0.25, 0.3) is 0 Å². The van der Waals surface area contributed by atoms with Crippen molar-refractivity contribution in [2.75, 3.05) is 4.72 Å². The first kappa shape index (κ1) is 20.8. The number of sulfonamides is 1. The number of aryl methyl sites for hydroxylation is 1. The summed E-state index contributed by atoms with van der Waals surface area (Å²) in [6.07, 6.45) is 5.38. The van der Waals surface area contributed by atoms with Gasteiger partial charge in [0.2, 0.25) is 0 Å². The van der Waals surface area contributed by atoms with Crippen LogP contribution < -0.4 is 10.0 Å². The number of nitrogens with zero attached hydrogens (tertiary/aromatic N) is 1. The molecule has 0 spiro atoms. The molecule has 0 radical (unpaired) electrons. The molecule has 0 aliphatic heterocycles. The third-order valence-corrected chi connectivity index (χ3v) is 6.41. The minimum atomic E-state index is -4.00. The van der Waals surface area contributed by atoms with Crippen LogP contribution in [0.15, 0.2) is 47.4 Å². The number of nitro groups is 1. The summed E-state index contributed by atoms with van der Waals surface area (Å²) < 4.78 is 27.5. The summed E-state index contributed by atoms with van der Waals surface area (Å²) in [7, 11) is -4.00. The van der Waals surface area contributed by atoms with Gasteiger partial charge in [0.25, 0.3) is 21.6 Å². The van der Waals surface area contributed by atoms with Gasteiger partial charge in [0.05, 0.1) is 9.82 Å². The Bertz CT molecular complexity index is 1010. The van der Waals surface area contributed by atoms with Gasteiger partial charge >= 0.3 is 0 Å². The Labute approximate surface area is 169 Å². The van der Waals surface area contributed by atoms with Crippen molar-refractivity contribution >= 4 is 27.3 Å². The third-order valence-electron chi connectivity index (χ3n) is 5.03. The average Bonchev–Trinajstić information content (AvgIpc) is 2.69. The first-order valence-corrected chi connectivity index (χ1v) is 10.9. The minimum Gasteiger partial charge on any atom is -0.349 e. The van der Waals surface area contributed by atoms with Gasteiger partial charge in [-0.2, -0.15) is 0 Å². The first-order valence-electron chi connectivity index (χ1n) is 9.45. The largest absolute Gasteiger partial charge is 0.349 e. The molecule has 0 aromatic heterocycles. The normalized spacial score (nSPS) is 14.9. The van der Waals surface area contributed by atoms with Gasteiger partial charge in [-0.25, -0.2) is 8.42 Å².